The van der Waals surface area contributed by atoms with Crippen molar-refractivity contribution in [2.24, 2.45) is 0 Å². The number of benzene rings is 4. The lowest BCUT2D eigenvalue weighted by Gasteiger charge is -2.25. The van der Waals surface area contributed by atoms with E-state index in [0.717, 1.165) is 62.1 Å². The van der Waals surface area contributed by atoms with Gasteiger partial charge in [0.15, 0.2) is 11.2 Å². The maximum absolute atomic E-state index is 12.8. The number of aryl methyl sites for hydroxylation is 3. The molecule has 0 atom stereocenters. The Balaban J connectivity index is 0.000000264. The molecular weight excluding hydrogens is 967 g/mol. The average Bonchev–Trinajstić information content (AvgIpc) is 3.85. The van der Waals surface area contributed by atoms with E-state index in [0.29, 0.717) is 72.0 Å². The fourth-order valence-electron chi connectivity index (χ4n) is 7.08. The van der Waals surface area contributed by atoms with Crippen molar-refractivity contribution >= 4 is 34.6 Å². The van der Waals surface area contributed by atoms with E-state index in [2.05, 4.69) is 19.8 Å². The van der Waals surface area contributed by atoms with Gasteiger partial charge in [0.1, 0.15) is 21.5 Å². The summed E-state index contributed by atoms with van der Waals surface area (Å²) in [5, 5.41) is 1.40. The van der Waals surface area contributed by atoms with Crippen molar-refractivity contribution in [1.29, 1.82) is 0 Å². The van der Waals surface area contributed by atoms with Crippen molar-refractivity contribution in [1.82, 2.24) is 19.8 Å². The van der Waals surface area contributed by atoms with Crippen molar-refractivity contribution < 1.29 is 54.9 Å². The van der Waals surface area contributed by atoms with E-state index < -0.39 is 46.6 Å². The lowest BCUT2D eigenvalue weighted by atomic mass is 10.1. The molecule has 0 saturated heterocycles. The van der Waals surface area contributed by atoms with E-state index in [4.69, 9.17) is 18.9 Å². The Labute approximate surface area is 419 Å². The Kier molecular flexibility index (Phi) is 18.7. The molecule has 4 aromatic carbocycles. The first-order valence-electron chi connectivity index (χ1n) is 22.7. The van der Waals surface area contributed by atoms with Crippen LogP contribution in [0.3, 0.4) is 0 Å². The van der Waals surface area contributed by atoms with Crippen LogP contribution >= 0.6 is 22.7 Å². The molecule has 0 aliphatic carbocycles. The van der Waals surface area contributed by atoms with Crippen molar-refractivity contribution in [2.45, 2.75) is 112 Å². The molecular formula is C53H60F6N4O6S2. The molecule has 18 heteroatoms. The third kappa shape index (κ3) is 15.8. The normalized spacial score (nSPS) is 12.2. The van der Waals surface area contributed by atoms with Crippen LogP contribution in [0.2, 0.25) is 0 Å². The maximum Gasteiger partial charge on any atom is 0.416 e. The zero-order valence-electron chi connectivity index (χ0n) is 41.7. The Bertz CT molecular complexity index is 2720. The zero-order valence-corrected chi connectivity index (χ0v) is 43.4. The zero-order chi connectivity index (χ0) is 52.5. The number of hydrogen-bond donors (Lipinski definition) is 0. The first-order chi connectivity index (χ1) is 33.2. The molecule has 0 aliphatic rings. The minimum Gasteiger partial charge on any atom is -0.476 e. The number of aromatic nitrogens is 2. The van der Waals surface area contributed by atoms with Gasteiger partial charge in [0.2, 0.25) is 0 Å². The van der Waals surface area contributed by atoms with Gasteiger partial charge in [0.25, 0.3) is 0 Å². The van der Waals surface area contributed by atoms with Crippen LogP contribution in [0.5, 0.6) is 11.5 Å². The fraction of sp³-hybridized carbons (Fsp3) is 0.396. The highest BCUT2D eigenvalue weighted by atomic mass is 32.1. The van der Waals surface area contributed by atoms with Crippen LogP contribution in [-0.2, 0) is 57.6 Å². The molecule has 0 unspecified atom stereocenters. The van der Waals surface area contributed by atoms with E-state index in [-0.39, 0.29) is 0 Å². The monoisotopic (exact) mass is 1030 g/mol. The lowest BCUT2D eigenvalue weighted by molar-refractivity contribution is -0.159. The molecule has 2 aromatic heterocycles. The van der Waals surface area contributed by atoms with Crippen LogP contribution in [0.4, 0.5) is 26.3 Å². The number of rotatable bonds is 18. The molecule has 6 aromatic rings. The molecule has 0 fully saturated rings. The van der Waals surface area contributed by atoms with Gasteiger partial charge in [0.05, 0.1) is 35.7 Å². The summed E-state index contributed by atoms with van der Waals surface area (Å²) in [7, 11) is 3.99. The molecule has 382 valence electrons. The van der Waals surface area contributed by atoms with Gasteiger partial charge in [-0.2, -0.15) is 26.3 Å². The van der Waals surface area contributed by atoms with Gasteiger partial charge in [-0.15, -0.1) is 22.7 Å². The predicted molar refractivity (Wildman–Crippen MR) is 265 cm³/mol. The molecule has 0 amide bonds. The van der Waals surface area contributed by atoms with Crippen LogP contribution in [0.25, 0.3) is 21.1 Å². The summed E-state index contributed by atoms with van der Waals surface area (Å²) in [6, 6.07) is 23.6. The van der Waals surface area contributed by atoms with E-state index in [1.54, 1.807) is 41.5 Å². The van der Waals surface area contributed by atoms with Gasteiger partial charge in [-0.1, -0.05) is 48.5 Å². The van der Waals surface area contributed by atoms with E-state index in [1.165, 1.54) is 46.9 Å². The largest absolute Gasteiger partial charge is 0.476 e. The number of ether oxygens (including phenoxy) is 4. The average molecular weight is 1030 g/mol. The van der Waals surface area contributed by atoms with Crippen LogP contribution in [0.15, 0.2) is 91.0 Å². The highest BCUT2D eigenvalue weighted by Crippen LogP contribution is 2.36. The predicted octanol–water partition coefficient (Wildman–Crippen LogP) is 13.3. The third-order valence-corrected chi connectivity index (χ3v) is 13.3. The SMILES string of the molecule is CCOC(=O)C(C)(C)Oc1ccc(CN(C)Cc2sc(-c3ccc(C(F)(F)F)cc3)nc2C)cc1.CCOC(=O)C(C)(C)Oc1ccc(CN(C)Cc2sc(-c3ccc(C(F)(F)F)cc3)nc2C)cc1C. The standard InChI is InChI=1S/C27H31F3N2O3S.C26H29F3N2O3S/c1-7-34-25(33)26(4,5)35-22-13-8-19(14-17(22)2)15-32(6)16-23-18(3)31-24(36-23)20-9-11-21(12-10-20)27(28,29)30;1-6-33-24(32)25(3,4)34-21-13-7-18(8-14-21)15-31(5)16-22-17(2)30-23(35-22)19-9-11-20(12-10-19)26(27,28)29/h8-14H,7,15-16H2,1-6H3;7-14H,6,15-16H2,1-5H3. The Hall–Kier alpha value is -5.82. The minimum absolute atomic E-state index is 0.293. The van der Waals surface area contributed by atoms with E-state index >= 15 is 0 Å². The second-order valence-corrected chi connectivity index (χ2v) is 20.1. The third-order valence-electron chi connectivity index (χ3n) is 10.9. The van der Waals surface area contributed by atoms with Gasteiger partial charge in [-0.25, -0.2) is 19.6 Å². The maximum atomic E-state index is 12.8. The second kappa shape index (κ2) is 23.6. The van der Waals surface area contributed by atoms with Gasteiger partial charge >= 0.3 is 24.3 Å². The summed E-state index contributed by atoms with van der Waals surface area (Å²) >= 11 is 2.97. The van der Waals surface area contributed by atoms with Gasteiger partial charge < -0.3 is 18.9 Å². The summed E-state index contributed by atoms with van der Waals surface area (Å²) in [6.45, 7) is 19.2. The quantitative estimate of drug-likeness (QED) is 0.0611. The number of alkyl halides is 6. The molecule has 0 N–H and O–H groups in total. The highest BCUT2D eigenvalue weighted by Gasteiger charge is 2.34. The summed E-state index contributed by atoms with van der Waals surface area (Å²) < 4.78 is 98.9. The summed E-state index contributed by atoms with van der Waals surface area (Å²) in [6.07, 6.45) is -8.71. The van der Waals surface area contributed by atoms with Crippen molar-refractivity contribution in [2.75, 3.05) is 27.3 Å². The van der Waals surface area contributed by atoms with Crippen LogP contribution in [-0.4, -0.2) is 70.2 Å². The molecule has 71 heavy (non-hydrogen) atoms. The van der Waals surface area contributed by atoms with Gasteiger partial charge in [-0.3, -0.25) is 9.80 Å². The van der Waals surface area contributed by atoms with Gasteiger partial charge in [0, 0.05) is 47.1 Å². The van der Waals surface area contributed by atoms with Crippen LogP contribution in [0.1, 0.15) is 90.5 Å². The number of halogens is 6. The van der Waals surface area contributed by atoms with Crippen LogP contribution < -0.4 is 9.47 Å². The number of carbonyl (C=O) groups is 2. The molecule has 0 spiro atoms. The molecule has 10 nitrogen and oxygen atoms in total. The lowest BCUT2D eigenvalue weighted by Crippen LogP contribution is -2.39. The van der Waals surface area contributed by atoms with Crippen molar-refractivity contribution in [3.8, 4) is 32.6 Å². The number of hydrogen-bond acceptors (Lipinski definition) is 12. The second-order valence-electron chi connectivity index (χ2n) is 18.0. The summed E-state index contributed by atoms with van der Waals surface area (Å²) in [5.74, 6) is 0.371. The number of carbonyl (C=O) groups excluding carboxylic acids is 2. The first kappa shape index (κ1) is 56.1. The minimum atomic E-state index is -4.36. The fourth-order valence-corrected chi connectivity index (χ4v) is 9.37. The topological polar surface area (TPSA) is 103 Å². The Morgan fingerprint density at radius 1 is 0.549 bits per heavy atom. The Morgan fingerprint density at radius 2 is 0.944 bits per heavy atom. The van der Waals surface area contributed by atoms with E-state index in [1.807, 2.05) is 77.3 Å². The molecule has 0 bridgehead atoms. The smallest absolute Gasteiger partial charge is 0.416 e. The number of esters is 2. The molecule has 6 rings (SSSR count). The van der Waals surface area contributed by atoms with E-state index in [9.17, 15) is 35.9 Å². The van der Waals surface area contributed by atoms with Crippen LogP contribution in [0, 0.1) is 20.8 Å². The molecule has 2 heterocycles. The van der Waals surface area contributed by atoms with Crippen molar-refractivity contribution in [3.63, 3.8) is 0 Å². The van der Waals surface area contributed by atoms with Gasteiger partial charge in [-0.05, 0) is 136 Å². The summed E-state index contributed by atoms with van der Waals surface area (Å²) in [5.41, 5.74) is 2.62. The first-order valence-corrected chi connectivity index (χ1v) is 24.4. The molecule has 0 saturated carbocycles. The summed E-state index contributed by atoms with van der Waals surface area (Å²) in [4.78, 5) is 39.7. The molecule has 0 radical (unpaired) electrons. The Morgan fingerprint density at radius 3 is 1.34 bits per heavy atom. The number of thiazole rings is 2. The van der Waals surface area contributed by atoms with Crippen molar-refractivity contribution in [3.05, 3.63) is 140 Å². The molecule has 0 aliphatic heterocycles. The highest BCUT2D eigenvalue weighted by molar-refractivity contribution is 7.15. The number of nitrogens with zero attached hydrogens (tertiary/aromatic N) is 4.